The van der Waals surface area contributed by atoms with Gasteiger partial charge in [0.15, 0.2) is 0 Å². The van der Waals surface area contributed by atoms with Gasteiger partial charge in [-0.15, -0.1) is 0 Å². The summed E-state index contributed by atoms with van der Waals surface area (Å²) in [6, 6.07) is 15.4. The number of fused-ring (bicyclic) bond motifs is 1. The Bertz CT molecular complexity index is 1410. The van der Waals surface area contributed by atoms with Gasteiger partial charge in [-0.25, -0.2) is 14.5 Å². The van der Waals surface area contributed by atoms with Crippen LogP contribution < -0.4 is 20.4 Å². The second-order valence-corrected chi connectivity index (χ2v) is 14.1. The number of benzene rings is 2. The third kappa shape index (κ3) is 4.87. The highest BCUT2D eigenvalue weighted by molar-refractivity contribution is 6.05. The van der Waals surface area contributed by atoms with Crippen molar-refractivity contribution >= 4 is 40.8 Å². The molecule has 1 saturated heterocycles. The first-order chi connectivity index (χ1) is 21.1. The van der Waals surface area contributed by atoms with Gasteiger partial charge in [0.1, 0.15) is 5.54 Å². The van der Waals surface area contributed by atoms with Gasteiger partial charge in [-0.05, 0) is 106 Å². The molecule has 4 aliphatic carbocycles. The first-order valence-electron chi connectivity index (χ1n) is 16.2. The quantitative estimate of drug-likeness (QED) is 0.499. The zero-order valence-corrected chi connectivity index (χ0v) is 25.8. The molecule has 4 amide bonds. The molecule has 10 heteroatoms. The monoisotopic (exact) mass is 600 g/mol. The Labute approximate surface area is 259 Å². The summed E-state index contributed by atoms with van der Waals surface area (Å²) in [6.07, 6.45) is 5.72. The minimum absolute atomic E-state index is 0.0948. The minimum atomic E-state index is -0.878. The fraction of sp³-hybridized carbons (Fsp3) is 0.559. The number of nitrogens with two attached hydrogens (primary N) is 1. The minimum Gasteiger partial charge on any atom is -0.480 e. The highest BCUT2D eigenvalue weighted by Crippen LogP contribution is 2.55. The van der Waals surface area contributed by atoms with Crippen LogP contribution in [0.3, 0.4) is 0 Å². The van der Waals surface area contributed by atoms with Gasteiger partial charge >= 0.3 is 18.0 Å². The average molecular weight is 601 g/mol. The first kappa shape index (κ1) is 29.0. The van der Waals surface area contributed by atoms with E-state index in [1.807, 2.05) is 29.2 Å². The van der Waals surface area contributed by atoms with Crippen LogP contribution in [0.5, 0.6) is 0 Å². The number of para-hydroxylation sites is 2. The molecule has 4 bridgehead atoms. The second-order valence-electron chi connectivity index (χ2n) is 14.1. The van der Waals surface area contributed by atoms with Gasteiger partial charge in [-0.1, -0.05) is 12.1 Å². The molecule has 234 valence electrons. The molecule has 0 aromatic heterocycles. The number of carboxylic acid groups (broad SMARTS) is 1. The molecular weight excluding hydrogens is 556 g/mol. The molecule has 44 heavy (non-hydrogen) atoms. The topological polar surface area (TPSA) is 114 Å². The number of urea groups is 2. The van der Waals surface area contributed by atoms with Crippen LogP contribution in [0.15, 0.2) is 48.5 Å². The van der Waals surface area contributed by atoms with E-state index in [1.54, 1.807) is 18.7 Å². The number of carbonyl (C=O) groups is 3. The van der Waals surface area contributed by atoms with E-state index in [1.165, 1.54) is 11.3 Å². The molecular formula is C34H44N6O4. The smallest absolute Gasteiger partial charge is 0.333 e. The van der Waals surface area contributed by atoms with Crippen molar-refractivity contribution in [3.63, 3.8) is 0 Å². The molecule has 0 spiro atoms. The summed E-state index contributed by atoms with van der Waals surface area (Å²) in [5, 5.41) is 9.60. The summed E-state index contributed by atoms with van der Waals surface area (Å²) in [4.78, 5) is 48.5. The molecule has 2 aromatic rings. The van der Waals surface area contributed by atoms with Gasteiger partial charge in [-0.3, -0.25) is 14.6 Å². The number of rotatable bonds is 5. The maximum Gasteiger partial charge on any atom is 0.333 e. The Hall–Kier alpha value is -3.79. The number of imide groups is 1. The highest BCUT2D eigenvalue weighted by Gasteiger charge is 2.53. The molecule has 0 atom stereocenters. The molecule has 4 saturated carbocycles. The van der Waals surface area contributed by atoms with E-state index in [4.69, 9.17) is 5.73 Å². The van der Waals surface area contributed by atoms with Crippen molar-refractivity contribution in [3.8, 4) is 0 Å². The Morgan fingerprint density at radius 2 is 1.34 bits per heavy atom. The molecule has 5 fully saturated rings. The van der Waals surface area contributed by atoms with Crippen LogP contribution in [0.4, 0.5) is 32.3 Å². The van der Waals surface area contributed by atoms with Crippen LogP contribution in [0.1, 0.15) is 46.0 Å². The predicted molar refractivity (Wildman–Crippen MR) is 170 cm³/mol. The maximum atomic E-state index is 14.2. The molecule has 0 radical (unpaired) electrons. The van der Waals surface area contributed by atoms with Gasteiger partial charge in [0.25, 0.3) is 0 Å². The van der Waals surface area contributed by atoms with Crippen LogP contribution in [0, 0.1) is 23.7 Å². The summed E-state index contributed by atoms with van der Waals surface area (Å²) in [7, 11) is 0. The molecule has 3 N–H and O–H groups in total. The van der Waals surface area contributed by atoms with E-state index in [9.17, 15) is 19.5 Å². The second kappa shape index (κ2) is 11.0. The lowest BCUT2D eigenvalue weighted by Crippen LogP contribution is -2.63. The maximum absolute atomic E-state index is 14.2. The van der Waals surface area contributed by atoms with E-state index in [2.05, 4.69) is 34.1 Å². The van der Waals surface area contributed by atoms with Gasteiger partial charge in [0, 0.05) is 56.7 Å². The summed E-state index contributed by atoms with van der Waals surface area (Å²) in [5.41, 5.74) is 8.96. The average Bonchev–Trinajstić information content (AvgIpc) is 3.01. The Morgan fingerprint density at radius 1 is 0.773 bits per heavy atom. The van der Waals surface area contributed by atoms with Crippen molar-refractivity contribution < 1.29 is 19.5 Å². The zero-order chi connectivity index (χ0) is 30.7. The Morgan fingerprint density at radius 3 is 1.91 bits per heavy atom. The number of hydrogen-bond acceptors (Lipinski definition) is 6. The van der Waals surface area contributed by atoms with Crippen molar-refractivity contribution in [2.45, 2.75) is 57.5 Å². The predicted octanol–water partition coefficient (Wildman–Crippen LogP) is 4.96. The number of nitrogens with zero attached hydrogens (tertiary/aromatic N) is 5. The largest absolute Gasteiger partial charge is 0.480 e. The summed E-state index contributed by atoms with van der Waals surface area (Å²) in [5.74, 6) is 1.41. The third-order valence-corrected chi connectivity index (χ3v) is 11.3. The molecule has 6 aliphatic rings. The standard InChI is InChI=1S/C34H44N6O4/c1-34(2,31(41)42)37-13-11-36(12-14-37)26-7-9-27(10-8-26)38-15-16-39(29-6-4-3-5-28(29)38)33(44)40(32(35)43)30-24-18-22-17-23(20-24)21-25(30)19-22/h3-10,22-25,30H,11-21H2,1-2H3,(H2,35,43)(H,41,42). The van der Waals surface area contributed by atoms with Gasteiger partial charge in [0.2, 0.25) is 0 Å². The normalized spacial score (nSPS) is 28.1. The number of carbonyl (C=O) groups excluding carboxylic acids is 2. The van der Waals surface area contributed by atoms with Crippen LogP contribution in [0.25, 0.3) is 0 Å². The number of primary amides is 1. The van der Waals surface area contributed by atoms with Crippen molar-refractivity contribution in [3.05, 3.63) is 48.5 Å². The van der Waals surface area contributed by atoms with Gasteiger partial charge in [-0.2, -0.15) is 0 Å². The van der Waals surface area contributed by atoms with Crippen molar-refractivity contribution in [2.24, 2.45) is 29.4 Å². The number of piperazine rings is 1. The number of aliphatic carboxylic acids is 1. The first-order valence-corrected chi connectivity index (χ1v) is 16.2. The van der Waals surface area contributed by atoms with Crippen LogP contribution >= 0.6 is 0 Å². The van der Waals surface area contributed by atoms with E-state index >= 15 is 0 Å². The van der Waals surface area contributed by atoms with Crippen molar-refractivity contribution in [1.29, 1.82) is 0 Å². The molecule has 0 unspecified atom stereocenters. The van der Waals surface area contributed by atoms with Crippen molar-refractivity contribution in [2.75, 3.05) is 54.0 Å². The molecule has 8 rings (SSSR count). The van der Waals surface area contributed by atoms with Crippen LogP contribution in [-0.4, -0.2) is 83.8 Å². The van der Waals surface area contributed by atoms with E-state index in [0.29, 0.717) is 38.0 Å². The molecule has 2 aromatic carbocycles. The lowest BCUT2D eigenvalue weighted by atomic mass is 9.54. The zero-order valence-electron chi connectivity index (χ0n) is 25.8. The Balaban J connectivity index is 1.08. The number of amides is 4. The van der Waals surface area contributed by atoms with Crippen LogP contribution in [0.2, 0.25) is 0 Å². The van der Waals surface area contributed by atoms with E-state index in [0.717, 1.165) is 73.4 Å². The van der Waals surface area contributed by atoms with Crippen LogP contribution in [-0.2, 0) is 4.79 Å². The summed E-state index contributed by atoms with van der Waals surface area (Å²) in [6.45, 7) is 7.49. The number of hydrogen-bond donors (Lipinski definition) is 2. The number of anilines is 4. The number of carboxylic acids is 1. The highest BCUT2D eigenvalue weighted by atomic mass is 16.4. The molecule has 2 heterocycles. The summed E-state index contributed by atoms with van der Waals surface area (Å²) >= 11 is 0. The lowest BCUT2D eigenvalue weighted by molar-refractivity contribution is -0.149. The van der Waals surface area contributed by atoms with E-state index < -0.39 is 17.5 Å². The summed E-state index contributed by atoms with van der Waals surface area (Å²) < 4.78 is 0. The van der Waals surface area contributed by atoms with Crippen molar-refractivity contribution in [1.82, 2.24) is 9.80 Å². The third-order valence-electron chi connectivity index (χ3n) is 11.3. The molecule has 10 nitrogen and oxygen atoms in total. The Kier molecular flexibility index (Phi) is 7.22. The SMILES string of the molecule is CC(C)(C(=O)O)N1CCN(c2ccc(N3CCN(C(=O)N(C(N)=O)C4C5CC6CC(C5)CC4C6)c4ccccc43)cc2)CC1. The fourth-order valence-corrected chi connectivity index (χ4v) is 9.15. The fourth-order valence-electron chi connectivity index (χ4n) is 9.15. The van der Waals surface area contributed by atoms with Gasteiger partial charge in [0.05, 0.1) is 11.4 Å². The van der Waals surface area contributed by atoms with Gasteiger partial charge < -0.3 is 20.6 Å². The van der Waals surface area contributed by atoms with E-state index in [-0.39, 0.29) is 12.1 Å². The lowest BCUT2D eigenvalue weighted by Gasteiger charge is -2.56. The molecule has 2 aliphatic heterocycles.